The van der Waals surface area contributed by atoms with Gasteiger partial charge in [0.2, 0.25) is 22.8 Å². The molecule has 5 aromatic rings. The van der Waals surface area contributed by atoms with E-state index in [0.717, 1.165) is 0 Å². The summed E-state index contributed by atoms with van der Waals surface area (Å²) in [5.41, 5.74) is 0.868. The molecular formula is C21H12N2O4. The molecule has 0 aliphatic rings. The Morgan fingerprint density at radius 1 is 0.852 bits per heavy atom. The van der Waals surface area contributed by atoms with Crippen LogP contribution in [0.3, 0.4) is 0 Å². The van der Waals surface area contributed by atoms with E-state index >= 15 is 0 Å². The SMILES string of the molecule is O=c1c(Oc2ncnc3ccccc23)c(-c2ccco2)oc2ccccc12. The lowest BCUT2D eigenvalue weighted by atomic mass is 10.2. The molecule has 2 aromatic carbocycles. The van der Waals surface area contributed by atoms with Crippen molar-refractivity contribution in [3.63, 3.8) is 0 Å². The van der Waals surface area contributed by atoms with Gasteiger partial charge in [-0.25, -0.2) is 9.97 Å². The van der Waals surface area contributed by atoms with Gasteiger partial charge in [-0.2, -0.15) is 0 Å². The van der Waals surface area contributed by atoms with Crippen molar-refractivity contribution in [1.29, 1.82) is 0 Å². The molecule has 0 spiro atoms. The zero-order valence-corrected chi connectivity index (χ0v) is 14.0. The van der Waals surface area contributed by atoms with Crippen molar-refractivity contribution in [2.24, 2.45) is 0 Å². The van der Waals surface area contributed by atoms with Gasteiger partial charge in [0.1, 0.15) is 11.9 Å². The predicted octanol–water partition coefficient (Wildman–Crippen LogP) is 4.79. The topological polar surface area (TPSA) is 78.4 Å². The Labute approximate surface area is 152 Å². The fourth-order valence-electron chi connectivity index (χ4n) is 2.95. The van der Waals surface area contributed by atoms with Crippen LogP contribution in [-0.2, 0) is 0 Å². The number of aromatic nitrogens is 2. The molecule has 0 aliphatic heterocycles. The van der Waals surface area contributed by atoms with Crippen LogP contribution in [0.4, 0.5) is 0 Å². The minimum absolute atomic E-state index is 0.0208. The number of rotatable bonds is 3. The van der Waals surface area contributed by atoms with E-state index in [1.165, 1.54) is 12.6 Å². The zero-order valence-electron chi connectivity index (χ0n) is 14.0. The largest absolute Gasteiger partial charge is 0.461 e. The van der Waals surface area contributed by atoms with Crippen molar-refractivity contribution in [1.82, 2.24) is 9.97 Å². The molecule has 0 saturated heterocycles. The van der Waals surface area contributed by atoms with Crippen LogP contribution in [0.15, 0.2) is 86.9 Å². The molecule has 27 heavy (non-hydrogen) atoms. The Morgan fingerprint density at radius 3 is 2.52 bits per heavy atom. The van der Waals surface area contributed by atoms with Crippen molar-refractivity contribution in [3.05, 3.63) is 83.5 Å². The maximum Gasteiger partial charge on any atom is 0.236 e. The number of nitrogens with zero attached hydrogens (tertiary/aromatic N) is 2. The van der Waals surface area contributed by atoms with E-state index in [9.17, 15) is 4.79 Å². The van der Waals surface area contributed by atoms with Crippen LogP contribution < -0.4 is 10.2 Å². The molecule has 0 fully saturated rings. The van der Waals surface area contributed by atoms with Gasteiger partial charge in [0, 0.05) is 0 Å². The number of ether oxygens (including phenoxy) is 1. The average Bonchev–Trinajstić information content (AvgIpc) is 3.25. The molecule has 3 heterocycles. The molecule has 6 heteroatoms. The minimum atomic E-state index is -0.300. The van der Waals surface area contributed by atoms with E-state index in [-0.39, 0.29) is 22.8 Å². The van der Waals surface area contributed by atoms with E-state index in [1.807, 2.05) is 24.3 Å². The van der Waals surface area contributed by atoms with Crippen LogP contribution in [-0.4, -0.2) is 9.97 Å². The highest BCUT2D eigenvalue weighted by atomic mass is 16.5. The third-order valence-electron chi connectivity index (χ3n) is 4.21. The Bertz CT molecular complexity index is 1320. The summed E-state index contributed by atoms with van der Waals surface area (Å²) in [4.78, 5) is 21.5. The lowest BCUT2D eigenvalue weighted by Gasteiger charge is -2.10. The van der Waals surface area contributed by atoms with E-state index in [1.54, 1.807) is 36.4 Å². The van der Waals surface area contributed by atoms with Crippen LogP contribution in [0.25, 0.3) is 33.4 Å². The smallest absolute Gasteiger partial charge is 0.236 e. The van der Waals surface area contributed by atoms with Crippen LogP contribution in [0.5, 0.6) is 11.6 Å². The summed E-state index contributed by atoms with van der Waals surface area (Å²) in [6, 6.07) is 17.8. The first-order valence-corrected chi connectivity index (χ1v) is 8.28. The first-order valence-electron chi connectivity index (χ1n) is 8.28. The van der Waals surface area contributed by atoms with Crippen molar-refractivity contribution >= 4 is 21.9 Å². The standard InChI is InChI=1S/C21H12N2O4/c24-18-14-7-2-4-9-16(14)26-19(17-10-5-11-25-17)20(18)27-21-13-6-1-3-8-15(13)22-12-23-21/h1-12H. The summed E-state index contributed by atoms with van der Waals surface area (Å²) in [5.74, 6) is 0.904. The summed E-state index contributed by atoms with van der Waals surface area (Å²) < 4.78 is 17.4. The molecule has 5 rings (SSSR count). The van der Waals surface area contributed by atoms with Crippen molar-refractivity contribution in [2.75, 3.05) is 0 Å². The van der Waals surface area contributed by atoms with Gasteiger partial charge in [-0.3, -0.25) is 4.79 Å². The molecule has 3 aromatic heterocycles. The molecule has 0 radical (unpaired) electrons. The van der Waals surface area contributed by atoms with Gasteiger partial charge >= 0.3 is 0 Å². The molecule has 0 unspecified atom stereocenters. The fourth-order valence-corrected chi connectivity index (χ4v) is 2.95. The minimum Gasteiger partial charge on any atom is -0.461 e. The maximum absolute atomic E-state index is 13.1. The quantitative estimate of drug-likeness (QED) is 0.462. The second-order valence-electron chi connectivity index (χ2n) is 5.86. The zero-order chi connectivity index (χ0) is 18.2. The Hall–Kier alpha value is -3.93. The monoisotopic (exact) mass is 356 g/mol. The molecule has 0 N–H and O–H groups in total. The first kappa shape index (κ1) is 15.3. The molecular weight excluding hydrogens is 344 g/mol. The summed E-state index contributed by atoms with van der Waals surface area (Å²) in [6.07, 6.45) is 2.90. The van der Waals surface area contributed by atoms with Gasteiger partial charge < -0.3 is 13.6 Å². The van der Waals surface area contributed by atoms with Crippen molar-refractivity contribution < 1.29 is 13.6 Å². The van der Waals surface area contributed by atoms with Gasteiger partial charge in [0.25, 0.3) is 0 Å². The van der Waals surface area contributed by atoms with Gasteiger partial charge in [-0.05, 0) is 36.4 Å². The van der Waals surface area contributed by atoms with Gasteiger partial charge in [-0.1, -0.05) is 24.3 Å². The number of para-hydroxylation sites is 2. The molecule has 0 saturated carbocycles. The molecule has 0 atom stereocenters. The highest BCUT2D eigenvalue weighted by Gasteiger charge is 2.21. The van der Waals surface area contributed by atoms with Crippen molar-refractivity contribution in [3.8, 4) is 23.1 Å². The van der Waals surface area contributed by atoms with Gasteiger partial charge in [0.15, 0.2) is 5.76 Å². The summed E-state index contributed by atoms with van der Waals surface area (Å²) >= 11 is 0. The molecule has 0 amide bonds. The van der Waals surface area contributed by atoms with Gasteiger partial charge in [-0.15, -0.1) is 0 Å². The average molecular weight is 356 g/mol. The lowest BCUT2D eigenvalue weighted by Crippen LogP contribution is -2.08. The Balaban J connectivity index is 1.78. The molecule has 130 valence electrons. The third-order valence-corrected chi connectivity index (χ3v) is 4.21. The molecule has 6 nitrogen and oxygen atoms in total. The highest BCUT2D eigenvalue weighted by molar-refractivity contribution is 5.85. The molecule has 0 aliphatic carbocycles. The third kappa shape index (κ3) is 2.55. The van der Waals surface area contributed by atoms with Crippen LogP contribution in [0.2, 0.25) is 0 Å². The van der Waals surface area contributed by atoms with Gasteiger partial charge in [0.05, 0.1) is 22.6 Å². The van der Waals surface area contributed by atoms with Crippen LogP contribution in [0, 0.1) is 0 Å². The van der Waals surface area contributed by atoms with E-state index in [0.29, 0.717) is 27.6 Å². The van der Waals surface area contributed by atoms with Crippen LogP contribution in [0.1, 0.15) is 0 Å². The highest BCUT2D eigenvalue weighted by Crippen LogP contribution is 2.34. The Kier molecular flexibility index (Phi) is 3.47. The van der Waals surface area contributed by atoms with E-state index in [4.69, 9.17) is 13.6 Å². The number of hydrogen-bond donors (Lipinski definition) is 0. The second kappa shape index (κ2) is 6.10. The van der Waals surface area contributed by atoms with Crippen molar-refractivity contribution in [2.45, 2.75) is 0 Å². The first-order chi connectivity index (χ1) is 13.3. The summed E-state index contributed by atoms with van der Waals surface area (Å²) in [6.45, 7) is 0. The molecule has 0 bridgehead atoms. The number of hydrogen-bond acceptors (Lipinski definition) is 6. The predicted molar refractivity (Wildman–Crippen MR) is 99.8 cm³/mol. The summed E-state index contributed by atoms with van der Waals surface area (Å²) in [7, 11) is 0. The number of furan rings is 1. The number of benzene rings is 2. The second-order valence-corrected chi connectivity index (χ2v) is 5.86. The number of fused-ring (bicyclic) bond motifs is 2. The fraction of sp³-hybridized carbons (Fsp3) is 0. The lowest BCUT2D eigenvalue weighted by molar-refractivity contribution is 0.438. The van der Waals surface area contributed by atoms with E-state index < -0.39 is 0 Å². The van der Waals surface area contributed by atoms with Crippen LogP contribution >= 0.6 is 0 Å². The normalized spacial score (nSPS) is 11.1. The Morgan fingerprint density at radius 2 is 1.67 bits per heavy atom. The maximum atomic E-state index is 13.1. The summed E-state index contributed by atoms with van der Waals surface area (Å²) in [5, 5.41) is 1.11. The van der Waals surface area contributed by atoms with E-state index in [2.05, 4.69) is 9.97 Å².